The first-order valence-corrected chi connectivity index (χ1v) is 7.95. The average molecular weight is 318 g/mol. The second kappa shape index (κ2) is 5.59. The zero-order valence-electron chi connectivity index (χ0n) is 11.0. The predicted octanol–water partition coefficient (Wildman–Crippen LogP) is 0.821. The fraction of sp³-hybridized carbons (Fsp3) is 0.417. The van der Waals surface area contributed by atoms with Crippen molar-refractivity contribution in [2.24, 2.45) is 0 Å². The third-order valence-corrected chi connectivity index (χ3v) is 5.37. The lowest BCUT2D eigenvalue weighted by atomic mass is 10.3. The topological polar surface area (TPSA) is 92.5 Å². The Morgan fingerprint density at radius 3 is 2.80 bits per heavy atom. The summed E-state index contributed by atoms with van der Waals surface area (Å²) in [5.74, 6) is -0.162. The first kappa shape index (κ1) is 15.1. The zero-order chi connectivity index (χ0) is 14.9. The summed E-state index contributed by atoms with van der Waals surface area (Å²) in [6.07, 6.45) is 0.599. The minimum Gasteiger partial charge on any atom is -0.397 e. The van der Waals surface area contributed by atoms with E-state index in [4.69, 9.17) is 17.3 Å². The van der Waals surface area contributed by atoms with Crippen LogP contribution in [0.25, 0.3) is 0 Å². The highest BCUT2D eigenvalue weighted by atomic mass is 35.5. The first-order valence-electron chi connectivity index (χ1n) is 6.13. The molecule has 3 N–H and O–H groups in total. The summed E-state index contributed by atoms with van der Waals surface area (Å²) in [5, 5.41) is 3.05. The maximum absolute atomic E-state index is 12.4. The van der Waals surface area contributed by atoms with Gasteiger partial charge in [0.25, 0.3) is 0 Å². The number of halogens is 1. The molecule has 1 atom stereocenters. The lowest BCUT2D eigenvalue weighted by Gasteiger charge is -2.17. The van der Waals surface area contributed by atoms with E-state index in [1.54, 1.807) is 0 Å². The molecule has 6 nitrogen and oxygen atoms in total. The molecule has 0 bridgehead atoms. The number of rotatable bonds is 3. The molecule has 20 heavy (non-hydrogen) atoms. The molecule has 0 aromatic heterocycles. The van der Waals surface area contributed by atoms with E-state index in [1.165, 1.54) is 29.4 Å². The van der Waals surface area contributed by atoms with Gasteiger partial charge in [-0.05, 0) is 24.6 Å². The summed E-state index contributed by atoms with van der Waals surface area (Å²) in [7, 11) is -3.60. The van der Waals surface area contributed by atoms with E-state index in [9.17, 15) is 13.2 Å². The third-order valence-electron chi connectivity index (χ3n) is 3.16. The standard InChI is InChI=1S/C12H16ClN3O3S/c1-8(17)15-9-4-5-16(7-9)20(18,19)10-2-3-11(13)12(14)6-10/h2-3,6,9H,4-5,7,14H2,1H3,(H,15,17). The van der Waals surface area contributed by atoms with E-state index in [2.05, 4.69) is 5.32 Å². The van der Waals surface area contributed by atoms with Gasteiger partial charge in [-0.25, -0.2) is 8.42 Å². The Labute approximate surface area is 122 Å². The number of hydrogen-bond donors (Lipinski definition) is 2. The van der Waals surface area contributed by atoms with E-state index in [0.717, 1.165) is 0 Å². The van der Waals surface area contributed by atoms with Crippen molar-refractivity contribution in [1.82, 2.24) is 9.62 Å². The molecule has 1 aliphatic rings. The Kier molecular flexibility index (Phi) is 4.22. The molecule has 0 aliphatic carbocycles. The molecule has 1 saturated heterocycles. The number of nitrogens with one attached hydrogen (secondary N) is 1. The number of nitrogens with zero attached hydrogens (tertiary/aromatic N) is 1. The second-order valence-corrected chi connectivity index (χ2v) is 7.08. The van der Waals surface area contributed by atoms with Crippen molar-refractivity contribution in [2.75, 3.05) is 18.8 Å². The number of nitrogen functional groups attached to an aromatic ring is 1. The van der Waals surface area contributed by atoms with Gasteiger partial charge in [0.05, 0.1) is 15.6 Å². The Hall–Kier alpha value is -1.31. The molecular weight excluding hydrogens is 302 g/mol. The van der Waals surface area contributed by atoms with Crippen LogP contribution in [0.2, 0.25) is 5.02 Å². The maximum atomic E-state index is 12.4. The predicted molar refractivity (Wildman–Crippen MR) is 76.8 cm³/mol. The molecule has 1 unspecified atom stereocenters. The lowest BCUT2D eigenvalue weighted by molar-refractivity contribution is -0.119. The van der Waals surface area contributed by atoms with Gasteiger partial charge in [0, 0.05) is 26.1 Å². The Morgan fingerprint density at radius 1 is 1.50 bits per heavy atom. The number of amides is 1. The van der Waals surface area contributed by atoms with Crippen molar-refractivity contribution >= 4 is 33.2 Å². The van der Waals surface area contributed by atoms with Crippen LogP contribution in [0, 0.1) is 0 Å². The number of anilines is 1. The van der Waals surface area contributed by atoms with Crippen LogP contribution in [0.15, 0.2) is 23.1 Å². The van der Waals surface area contributed by atoms with Gasteiger partial charge in [-0.3, -0.25) is 4.79 Å². The molecule has 1 aromatic rings. The zero-order valence-corrected chi connectivity index (χ0v) is 12.5. The number of carbonyl (C=O) groups is 1. The van der Waals surface area contributed by atoms with Crippen molar-refractivity contribution in [3.63, 3.8) is 0 Å². The Bertz CT molecular complexity index is 633. The summed E-state index contributed by atoms with van der Waals surface area (Å²) in [6, 6.07) is 4.10. The van der Waals surface area contributed by atoms with Crippen molar-refractivity contribution < 1.29 is 13.2 Å². The number of nitrogens with two attached hydrogens (primary N) is 1. The monoisotopic (exact) mass is 317 g/mol. The summed E-state index contributed by atoms with van der Waals surface area (Å²) >= 11 is 5.79. The quantitative estimate of drug-likeness (QED) is 0.807. The molecule has 110 valence electrons. The summed E-state index contributed by atoms with van der Waals surface area (Å²) in [5.41, 5.74) is 5.86. The lowest BCUT2D eigenvalue weighted by Crippen LogP contribution is -2.37. The van der Waals surface area contributed by atoms with Crippen LogP contribution in [0.1, 0.15) is 13.3 Å². The largest absolute Gasteiger partial charge is 0.397 e. The fourth-order valence-corrected chi connectivity index (χ4v) is 3.84. The minimum absolute atomic E-state index is 0.114. The smallest absolute Gasteiger partial charge is 0.243 e. The van der Waals surface area contributed by atoms with Gasteiger partial charge in [0.1, 0.15) is 0 Å². The number of hydrogen-bond acceptors (Lipinski definition) is 4. The molecule has 1 amide bonds. The van der Waals surface area contributed by atoms with Crippen LogP contribution in [-0.2, 0) is 14.8 Å². The minimum atomic E-state index is -3.60. The van der Waals surface area contributed by atoms with Crippen LogP contribution in [0.4, 0.5) is 5.69 Å². The molecule has 1 heterocycles. The van der Waals surface area contributed by atoms with Crippen molar-refractivity contribution in [1.29, 1.82) is 0 Å². The summed E-state index contributed by atoms with van der Waals surface area (Å²) in [4.78, 5) is 11.1. The SMILES string of the molecule is CC(=O)NC1CCN(S(=O)(=O)c2ccc(Cl)c(N)c2)C1. The molecule has 1 fully saturated rings. The Morgan fingerprint density at radius 2 is 2.20 bits per heavy atom. The van der Waals surface area contributed by atoms with E-state index < -0.39 is 10.0 Å². The molecule has 8 heteroatoms. The van der Waals surface area contributed by atoms with E-state index in [0.29, 0.717) is 18.0 Å². The molecule has 0 saturated carbocycles. The number of carbonyl (C=O) groups excluding carboxylic acids is 1. The molecule has 0 spiro atoms. The van der Waals surface area contributed by atoms with Crippen molar-refractivity contribution in [3.8, 4) is 0 Å². The number of sulfonamides is 1. The first-order chi connectivity index (χ1) is 9.30. The van der Waals surface area contributed by atoms with Gasteiger partial charge in [-0.2, -0.15) is 4.31 Å². The highest BCUT2D eigenvalue weighted by molar-refractivity contribution is 7.89. The summed E-state index contributed by atoms with van der Waals surface area (Å²) < 4.78 is 26.2. The van der Waals surface area contributed by atoms with Crippen LogP contribution in [0.3, 0.4) is 0 Å². The van der Waals surface area contributed by atoms with Crippen molar-refractivity contribution in [3.05, 3.63) is 23.2 Å². The normalized spacial score (nSPS) is 20.0. The van der Waals surface area contributed by atoms with Gasteiger partial charge < -0.3 is 11.1 Å². The van der Waals surface area contributed by atoms with Crippen molar-refractivity contribution in [2.45, 2.75) is 24.3 Å². The Balaban J connectivity index is 2.19. The maximum Gasteiger partial charge on any atom is 0.243 e. The van der Waals surface area contributed by atoms with Crippen LogP contribution in [0.5, 0.6) is 0 Å². The molecule has 1 aliphatic heterocycles. The molecule has 0 radical (unpaired) electrons. The number of benzene rings is 1. The summed E-state index contributed by atoms with van der Waals surface area (Å²) in [6.45, 7) is 2.05. The van der Waals surface area contributed by atoms with Crippen LogP contribution in [-0.4, -0.2) is 37.8 Å². The van der Waals surface area contributed by atoms with Gasteiger partial charge in [-0.15, -0.1) is 0 Å². The highest BCUT2D eigenvalue weighted by Gasteiger charge is 2.33. The molecule has 2 rings (SSSR count). The second-order valence-electron chi connectivity index (χ2n) is 4.73. The van der Waals surface area contributed by atoms with Crippen LogP contribution >= 0.6 is 11.6 Å². The highest BCUT2D eigenvalue weighted by Crippen LogP contribution is 2.26. The van der Waals surface area contributed by atoms with Gasteiger partial charge in [0.2, 0.25) is 15.9 Å². The third kappa shape index (κ3) is 3.05. The van der Waals surface area contributed by atoms with Crippen LogP contribution < -0.4 is 11.1 Å². The van der Waals surface area contributed by atoms with Gasteiger partial charge >= 0.3 is 0 Å². The molecular formula is C12H16ClN3O3S. The average Bonchev–Trinajstić information content (AvgIpc) is 2.80. The van der Waals surface area contributed by atoms with Gasteiger partial charge in [0.15, 0.2) is 0 Å². The van der Waals surface area contributed by atoms with E-state index >= 15 is 0 Å². The fourth-order valence-electron chi connectivity index (χ4n) is 2.18. The molecule has 1 aromatic carbocycles. The van der Waals surface area contributed by atoms with E-state index in [-0.39, 0.29) is 29.1 Å². The van der Waals surface area contributed by atoms with E-state index in [1.807, 2.05) is 0 Å². The van der Waals surface area contributed by atoms with Gasteiger partial charge in [-0.1, -0.05) is 11.6 Å².